The van der Waals surface area contributed by atoms with Gasteiger partial charge in [-0.05, 0) is 36.5 Å². The van der Waals surface area contributed by atoms with Gasteiger partial charge in [-0.25, -0.2) is 8.42 Å². The average molecular weight is 315 g/mol. The summed E-state index contributed by atoms with van der Waals surface area (Å²) in [7, 11) is -3.26. The number of hydrogen-bond acceptors (Lipinski definition) is 4. The van der Waals surface area contributed by atoms with Gasteiger partial charge in [0.1, 0.15) is 0 Å². The summed E-state index contributed by atoms with van der Waals surface area (Å²) in [6.45, 7) is 4.01. The fourth-order valence-corrected chi connectivity index (χ4v) is 4.26. The van der Waals surface area contributed by atoms with Gasteiger partial charge in [0.05, 0.1) is 10.6 Å². The number of nitrogens with zero attached hydrogens (tertiary/aromatic N) is 1. The van der Waals surface area contributed by atoms with Crippen LogP contribution in [0.4, 0.5) is 5.69 Å². The molecule has 2 aliphatic rings. The van der Waals surface area contributed by atoms with Gasteiger partial charge in [0.2, 0.25) is 0 Å². The van der Waals surface area contributed by atoms with Gasteiger partial charge in [0.25, 0.3) is 0 Å². The Balaban J connectivity index is 1.87. The highest BCUT2D eigenvalue weighted by Gasteiger charge is 2.40. The average Bonchev–Trinajstić information content (AvgIpc) is 2.36. The van der Waals surface area contributed by atoms with E-state index >= 15 is 0 Å². The van der Waals surface area contributed by atoms with E-state index in [0.717, 1.165) is 44.7 Å². The summed E-state index contributed by atoms with van der Waals surface area (Å²) in [5.74, 6) is 0. The molecule has 4 nitrogen and oxygen atoms in total. The molecule has 1 N–H and O–H groups in total. The number of rotatable bonds is 2. The summed E-state index contributed by atoms with van der Waals surface area (Å²) < 4.78 is 23.9. The maximum Gasteiger partial charge on any atom is 0.177 e. The molecule has 0 radical (unpaired) electrons. The molecule has 1 spiro atoms. The van der Waals surface area contributed by atoms with Crippen molar-refractivity contribution in [3.05, 3.63) is 23.2 Å². The Morgan fingerprint density at radius 2 is 1.90 bits per heavy atom. The number of benzene rings is 1. The molecule has 110 valence electrons. The largest absolute Gasteiger partial charge is 0.370 e. The summed E-state index contributed by atoms with van der Waals surface area (Å²) in [6, 6.07) is 5.15. The van der Waals surface area contributed by atoms with Crippen molar-refractivity contribution in [1.29, 1.82) is 0 Å². The molecule has 3 rings (SSSR count). The van der Waals surface area contributed by atoms with Crippen molar-refractivity contribution in [2.24, 2.45) is 5.41 Å². The predicted molar refractivity (Wildman–Crippen MR) is 81.3 cm³/mol. The van der Waals surface area contributed by atoms with Crippen molar-refractivity contribution in [2.75, 3.05) is 37.3 Å². The van der Waals surface area contributed by atoms with Crippen LogP contribution >= 0.6 is 11.6 Å². The number of hydrogen-bond donors (Lipinski definition) is 1. The third-order valence-corrected chi connectivity index (χ3v) is 5.85. The predicted octanol–water partition coefficient (Wildman–Crippen LogP) is 1.93. The summed E-state index contributed by atoms with van der Waals surface area (Å²) in [5.41, 5.74) is 1.24. The first kappa shape index (κ1) is 14.2. The Kier molecular flexibility index (Phi) is 3.47. The Bertz CT molecular complexity index is 616. The molecule has 2 heterocycles. The van der Waals surface area contributed by atoms with Gasteiger partial charge in [-0.2, -0.15) is 0 Å². The highest BCUT2D eigenvalue weighted by atomic mass is 35.5. The second kappa shape index (κ2) is 4.90. The molecule has 0 amide bonds. The summed E-state index contributed by atoms with van der Waals surface area (Å²) in [5, 5.41) is 3.80. The lowest BCUT2D eigenvalue weighted by atomic mass is 9.73. The number of halogens is 1. The zero-order chi connectivity index (χ0) is 14.4. The van der Waals surface area contributed by atoms with E-state index in [1.165, 1.54) is 6.26 Å². The van der Waals surface area contributed by atoms with Crippen molar-refractivity contribution in [3.63, 3.8) is 0 Å². The van der Waals surface area contributed by atoms with Crippen molar-refractivity contribution < 1.29 is 8.42 Å². The molecular weight excluding hydrogens is 296 g/mol. The monoisotopic (exact) mass is 314 g/mol. The Morgan fingerprint density at radius 1 is 1.25 bits per heavy atom. The van der Waals surface area contributed by atoms with Crippen molar-refractivity contribution >= 4 is 27.1 Å². The van der Waals surface area contributed by atoms with E-state index in [1.807, 2.05) is 6.07 Å². The van der Waals surface area contributed by atoms with Crippen LogP contribution in [0.1, 0.15) is 12.8 Å². The fourth-order valence-electron chi connectivity index (χ4n) is 3.10. The fraction of sp³-hybridized carbons (Fsp3) is 0.571. The maximum absolute atomic E-state index is 11.9. The highest BCUT2D eigenvalue weighted by molar-refractivity contribution is 7.90. The van der Waals surface area contributed by atoms with Crippen LogP contribution in [-0.4, -0.2) is 40.9 Å². The molecule has 1 aromatic carbocycles. The topological polar surface area (TPSA) is 49.4 Å². The van der Waals surface area contributed by atoms with Crippen LogP contribution in [-0.2, 0) is 9.84 Å². The van der Waals surface area contributed by atoms with E-state index in [1.54, 1.807) is 12.1 Å². The second-order valence-corrected chi connectivity index (χ2v) is 8.40. The van der Waals surface area contributed by atoms with E-state index in [2.05, 4.69) is 10.2 Å². The van der Waals surface area contributed by atoms with Gasteiger partial charge in [-0.3, -0.25) is 0 Å². The summed E-state index contributed by atoms with van der Waals surface area (Å²) >= 11 is 5.95. The number of sulfone groups is 1. The van der Waals surface area contributed by atoms with Gasteiger partial charge >= 0.3 is 0 Å². The summed E-state index contributed by atoms with van der Waals surface area (Å²) in [4.78, 5) is 2.52. The molecule has 0 saturated carbocycles. The van der Waals surface area contributed by atoms with Crippen LogP contribution in [0.5, 0.6) is 0 Å². The van der Waals surface area contributed by atoms with Crippen molar-refractivity contribution in [3.8, 4) is 0 Å². The SMILES string of the molecule is CS(=O)(=O)c1cc(Cl)ccc1N1CCC2(CC1)CNC2. The third kappa shape index (κ3) is 2.54. The van der Waals surface area contributed by atoms with E-state index in [0.29, 0.717) is 15.3 Å². The molecule has 20 heavy (non-hydrogen) atoms. The molecule has 0 unspecified atom stereocenters. The Labute approximate surface area is 125 Å². The van der Waals surface area contributed by atoms with Gasteiger partial charge < -0.3 is 10.2 Å². The smallest absolute Gasteiger partial charge is 0.177 e. The molecule has 0 aliphatic carbocycles. The molecule has 6 heteroatoms. The van der Waals surface area contributed by atoms with Crippen LogP contribution in [0.25, 0.3) is 0 Å². The minimum atomic E-state index is -3.26. The lowest BCUT2D eigenvalue weighted by Gasteiger charge is -2.49. The van der Waals surface area contributed by atoms with E-state index in [4.69, 9.17) is 11.6 Å². The summed E-state index contributed by atoms with van der Waals surface area (Å²) in [6.07, 6.45) is 3.47. The Morgan fingerprint density at radius 3 is 2.40 bits per heavy atom. The molecule has 1 aromatic rings. The zero-order valence-corrected chi connectivity index (χ0v) is 13.1. The van der Waals surface area contributed by atoms with Gasteiger partial charge in [-0.15, -0.1) is 0 Å². The third-order valence-electron chi connectivity index (χ3n) is 4.49. The molecule has 2 aliphatic heterocycles. The van der Waals surface area contributed by atoms with Gasteiger partial charge in [0.15, 0.2) is 9.84 Å². The van der Waals surface area contributed by atoms with Crippen LogP contribution in [0.3, 0.4) is 0 Å². The van der Waals surface area contributed by atoms with Gasteiger partial charge in [0, 0.05) is 37.5 Å². The molecular formula is C14H19ClN2O2S. The van der Waals surface area contributed by atoms with Crippen LogP contribution in [0.15, 0.2) is 23.1 Å². The minimum absolute atomic E-state index is 0.340. The lowest BCUT2D eigenvalue weighted by Crippen LogP contribution is -2.58. The first-order valence-corrected chi connectivity index (χ1v) is 9.12. The van der Waals surface area contributed by atoms with Crippen molar-refractivity contribution in [2.45, 2.75) is 17.7 Å². The van der Waals surface area contributed by atoms with Crippen LogP contribution < -0.4 is 10.2 Å². The number of nitrogens with one attached hydrogen (secondary N) is 1. The molecule has 0 atom stereocenters. The Hall–Kier alpha value is -0.780. The molecule has 2 saturated heterocycles. The number of piperidine rings is 1. The van der Waals surface area contributed by atoms with E-state index in [9.17, 15) is 8.42 Å². The van der Waals surface area contributed by atoms with Crippen molar-refractivity contribution in [1.82, 2.24) is 5.32 Å². The van der Waals surface area contributed by atoms with Gasteiger partial charge in [-0.1, -0.05) is 11.6 Å². The quantitative estimate of drug-likeness (QED) is 0.906. The standard InChI is InChI=1S/C14H19ClN2O2S/c1-20(18,19)13-8-11(15)2-3-12(13)17-6-4-14(5-7-17)9-16-10-14/h2-3,8,16H,4-7,9-10H2,1H3. The first-order valence-electron chi connectivity index (χ1n) is 6.85. The van der Waals surface area contributed by atoms with Crippen LogP contribution in [0, 0.1) is 5.41 Å². The molecule has 0 aromatic heterocycles. The van der Waals surface area contributed by atoms with E-state index < -0.39 is 9.84 Å². The lowest BCUT2D eigenvalue weighted by molar-refractivity contribution is 0.126. The second-order valence-electron chi connectivity index (χ2n) is 5.97. The zero-order valence-electron chi connectivity index (χ0n) is 11.5. The maximum atomic E-state index is 11.9. The number of anilines is 1. The normalized spacial score (nSPS) is 21.8. The highest BCUT2D eigenvalue weighted by Crippen LogP contribution is 2.38. The molecule has 2 fully saturated rings. The molecule has 0 bridgehead atoms. The van der Waals surface area contributed by atoms with Crippen LogP contribution in [0.2, 0.25) is 5.02 Å². The first-order chi connectivity index (χ1) is 9.40. The minimum Gasteiger partial charge on any atom is -0.370 e. The van der Waals surface area contributed by atoms with E-state index in [-0.39, 0.29) is 0 Å².